The average Bonchev–Trinajstić information content (AvgIpc) is 2.93. The van der Waals surface area contributed by atoms with E-state index >= 15 is 0 Å². The molecule has 1 N–H and O–H groups in total. The van der Waals surface area contributed by atoms with Gasteiger partial charge in [0.05, 0.1) is 17.5 Å². The van der Waals surface area contributed by atoms with Gasteiger partial charge in [-0.05, 0) is 6.07 Å². The number of alkyl halides is 3. The van der Waals surface area contributed by atoms with Crippen LogP contribution in [0.5, 0.6) is 0 Å². The molecule has 1 aromatic carbocycles. The molecule has 3 rings (SSSR count). The predicted molar refractivity (Wildman–Crippen MR) is 71.2 cm³/mol. The highest BCUT2D eigenvalue weighted by atomic mass is 19.4. The summed E-state index contributed by atoms with van der Waals surface area (Å²) in [4.78, 5) is 15.4. The quantitative estimate of drug-likeness (QED) is 0.781. The van der Waals surface area contributed by atoms with Crippen molar-refractivity contribution in [3.63, 3.8) is 0 Å². The summed E-state index contributed by atoms with van der Waals surface area (Å²) in [5.74, 6) is -1.19. The average molecular weight is 309 g/mol. The smallest absolute Gasteiger partial charge is 0.267 e. The highest BCUT2D eigenvalue weighted by Crippen LogP contribution is 2.26. The van der Waals surface area contributed by atoms with E-state index in [1.54, 1.807) is 24.3 Å². The van der Waals surface area contributed by atoms with Gasteiger partial charge in [0.1, 0.15) is 5.82 Å². The number of nitrogens with zero attached hydrogens (tertiary/aromatic N) is 4. The zero-order valence-corrected chi connectivity index (χ0v) is 11.3. The molecule has 0 unspecified atom stereocenters. The molecular weight excluding hydrogens is 299 g/mol. The zero-order valence-electron chi connectivity index (χ0n) is 11.3. The van der Waals surface area contributed by atoms with E-state index < -0.39 is 12.0 Å². The maximum absolute atomic E-state index is 12.5. The van der Waals surface area contributed by atoms with Crippen LogP contribution in [0.2, 0.25) is 0 Å². The minimum Gasteiger partial charge on any atom is -0.267 e. The molecule has 9 heteroatoms. The first-order valence-electron chi connectivity index (χ1n) is 6.29. The minimum atomic E-state index is -4.60. The van der Waals surface area contributed by atoms with Gasteiger partial charge in [-0.25, -0.2) is 9.67 Å². The molecule has 114 valence electrons. The van der Waals surface area contributed by atoms with Crippen molar-refractivity contribution in [2.75, 3.05) is 0 Å². The third kappa shape index (κ3) is 2.45. The van der Waals surface area contributed by atoms with Crippen LogP contribution < -0.4 is 5.56 Å². The molecule has 2 heterocycles. The molecule has 0 spiro atoms. The molecule has 0 aliphatic heterocycles. The predicted octanol–water partition coefficient (Wildman–Crippen LogP) is 1.66. The van der Waals surface area contributed by atoms with Crippen LogP contribution in [0.4, 0.5) is 13.2 Å². The Labute approximate surface area is 121 Å². The summed E-state index contributed by atoms with van der Waals surface area (Å²) < 4.78 is 38.7. The van der Waals surface area contributed by atoms with Crippen molar-refractivity contribution in [2.24, 2.45) is 7.05 Å². The Bertz CT molecular complexity index is 897. The number of fused-ring (bicyclic) bond motifs is 1. The molecule has 0 radical (unpaired) electrons. The van der Waals surface area contributed by atoms with Gasteiger partial charge in [0.2, 0.25) is 0 Å². The number of aromatic amines is 1. The van der Waals surface area contributed by atoms with Gasteiger partial charge in [0.15, 0.2) is 0 Å². The number of hydrogen-bond acceptors (Lipinski definition) is 4. The van der Waals surface area contributed by atoms with E-state index in [4.69, 9.17) is 0 Å². The van der Waals surface area contributed by atoms with Crippen molar-refractivity contribution >= 4 is 10.8 Å². The fourth-order valence-electron chi connectivity index (χ4n) is 2.17. The number of aromatic nitrogens is 5. The normalized spacial score (nSPS) is 12.0. The first-order valence-corrected chi connectivity index (χ1v) is 6.29. The maximum Gasteiger partial charge on any atom is 0.453 e. The molecule has 0 aliphatic rings. The van der Waals surface area contributed by atoms with E-state index in [9.17, 15) is 18.0 Å². The third-order valence-electron chi connectivity index (χ3n) is 3.15. The van der Waals surface area contributed by atoms with Gasteiger partial charge in [-0.3, -0.25) is 9.89 Å². The molecule has 0 aliphatic carbocycles. The SMILES string of the molecule is Cn1nc(Cc2nc(C(F)(F)F)n[nH]2)c2ccccc2c1=O. The molecule has 6 nitrogen and oxygen atoms in total. The largest absolute Gasteiger partial charge is 0.453 e. The van der Waals surface area contributed by atoms with Crippen LogP contribution in [0.25, 0.3) is 10.8 Å². The summed E-state index contributed by atoms with van der Waals surface area (Å²) in [6.45, 7) is 0. The Morgan fingerprint density at radius 3 is 2.55 bits per heavy atom. The number of halogens is 3. The van der Waals surface area contributed by atoms with Gasteiger partial charge in [0.25, 0.3) is 11.4 Å². The van der Waals surface area contributed by atoms with Crippen LogP contribution in [-0.4, -0.2) is 25.0 Å². The number of nitrogens with one attached hydrogen (secondary N) is 1. The molecule has 22 heavy (non-hydrogen) atoms. The summed E-state index contributed by atoms with van der Waals surface area (Å²) >= 11 is 0. The summed E-state index contributed by atoms with van der Waals surface area (Å²) in [7, 11) is 1.49. The Morgan fingerprint density at radius 1 is 1.23 bits per heavy atom. The van der Waals surface area contributed by atoms with Crippen LogP contribution in [0.1, 0.15) is 17.3 Å². The van der Waals surface area contributed by atoms with Gasteiger partial charge in [-0.2, -0.15) is 18.3 Å². The topological polar surface area (TPSA) is 76.5 Å². The van der Waals surface area contributed by atoms with E-state index in [-0.39, 0.29) is 17.8 Å². The van der Waals surface area contributed by atoms with Crippen LogP contribution in [0.3, 0.4) is 0 Å². The standard InChI is InChI=1S/C13H10F3N5O/c1-21-11(22)8-5-3-2-4-7(8)9(20-21)6-10-17-12(19-18-10)13(14,15)16/h2-5H,6H2,1H3,(H,17,18,19). The Hall–Kier alpha value is -2.71. The van der Waals surface area contributed by atoms with Gasteiger partial charge >= 0.3 is 6.18 Å². The summed E-state index contributed by atoms with van der Waals surface area (Å²) in [5.41, 5.74) is 0.176. The van der Waals surface area contributed by atoms with Crippen LogP contribution in [0.15, 0.2) is 29.1 Å². The van der Waals surface area contributed by atoms with E-state index in [0.29, 0.717) is 16.5 Å². The van der Waals surface area contributed by atoms with Gasteiger partial charge in [0, 0.05) is 12.4 Å². The number of H-pyrrole nitrogens is 1. The lowest BCUT2D eigenvalue weighted by Gasteiger charge is -2.06. The first kappa shape index (κ1) is 14.2. The highest BCUT2D eigenvalue weighted by Gasteiger charge is 2.36. The second-order valence-electron chi connectivity index (χ2n) is 4.70. The fraction of sp³-hybridized carbons (Fsp3) is 0.231. The number of rotatable bonds is 2. The second-order valence-corrected chi connectivity index (χ2v) is 4.70. The molecule has 0 saturated heterocycles. The van der Waals surface area contributed by atoms with Crippen molar-refractivity contribution in [1.29, 1.82) is 0 Å². The Kier molecular flexibility index (Phi) is 3.19. The minimum absolute atomic E-state index is 0.0116. The number of benzene rings is 1. The summed E-state index contributed by atoms with van der Waals surface area (Å²) in [5, 5.41) is 10.5. The lowest BCUT2D eigenvalue weighted by molar-refractivity contribution is -0.144. The molecule has 0 atom stereocenters. The molecule has 0 fully saturated rings. The van der Waals surface area contributed by atoms with Crippen LogP contribution in [0, 0.1) is 0 Å². The summed E-state index contributed by atoms with van der Waals surface area (Å²) in [6.07, 6.45) is -4.59. The van der Waals surface area contributed by atoms with E-state index in [1.165, 1.54) is 7.05 Å². The fourth-order valence-corrected chi connectivity index (χ4v) is 2.17. The van der Waals surface area contributed by atoms with E-state index in [1.807, 2.05) is 0 Å². The molecule has 2 aromatic heterocycles. The number of hydrogen-bond donors (Lipinski definition) is 1. The van der Waals surface area contributed by atoms with Crippen molar-refractivity contribution in [1.82, 2.24) is 25.0 Å². The van der Waals surface area contributed by atoms with Gasteiger partial charge in [-0.15, -0.1) is 5.10 Å². The molecule has 3 aromatic rings. The van der Waals surface area contributed by atoms with Crippen molar-refractivity contribution in [2.45, 2.75) is 12.6 Å². The van der Waals surface area contributed by atoms with Crippen molar-refractivity contribution < 1.29 is 13.2 Å². The maximum atomic E-state index is 12.5. The number of aryl methyl sites for hydroxylation is 1. The zero-order chi connectivity index (χ0) is 15.9. The van der Waals surface area contributed by atoms with Crippen molar-refractivity contribution in [3.8, 4) is 0 Å². The lowest BCUT2D eigenvalue weighted by atomic mass is 10.1. The molecular formula is C13H10F3N5O. The molecule has 0 saturated carbocycles. The highest BCUT2D eigenvalue weighted by molar-refractivity contribution is 5.83. The summed E-state index contributed by atoms with van der Waals surface area (Å²) in [6, 6.07) is 6.78. The van der Waals surface area contributed by atoms with Gasteiger partial charge < -0.3 is 0 Å². The first-order chi connectivity index (χ1) is 10.4. The lowest BCUT2D eigenvalue weighted by Crippen LogP contribution is -2.21. The van der Waals surface area contributed by atoms with Gasteiger partial charge in [-0.1, -0.05) is 18.2 Å². The van der Waals surface area contributed by atoms with E-state index in [0.717, 1.165) is 4.68 Å². The van der Waals surface area contributed by atoms with E-state index in [2.05, 4.69) is 20.3 Å². The van der Waals surface area contributed by atoms with Crippen LogP contribution >= 0.6 is 0 Å². The Morgan fingerprint density at radius 2 is 1.91 bits per heavy atom. The second kappa shape index (κ2) is 4.93. The van der Waals surface area contributed by atoms with Crippen LogP contribution in [-0.2, 0) is 19.6 Å². The monoisotopic (exact) mass is 309 g/mol. The molecule has 0 bridgehead atoms. The van der Waals surface area contributed by atoms with Crippen molar-refractivity contribution in [3.05, 3.63) is 52.0 Å². The Balaban J connectivity index is 2.06. The molecule has 0 amide bonds. The third-order valence-corrected chi connectivity index (χ3v) is 3.15.